The SMILES string of the molecule is Cc1nc(CC(=O)C2(c3ccc4c(c3)OCO4)CC2)ccc1-c1ccccc1CO.[HH]. The number of benzene rings is 2. The minimum Gasteiger partial charge on any atom is -0.454 e. The molecule has 0 unspecified atom stereocenters. The largest absolute Gasteiger partial charge is 0.454 e. The molecule has 5 rings (SSSR count). The van der Waals surface area contributed by atoms with Crippen molar-refractivity contribution < 1.29 is 20.8 Å². The van der Waals surface area contributed by atoms with Gasteiger partial charge in [0.1, 0.15) is 5.78 Å². The van der Waals surface area contributed by atoms with Crippen LogP contribution in [-0.2, 0) is 23.2 Å². The van der Waals surface area contributed by atoms with E-state index in [1.54, 1.807) is 0 Å². The first kappa shape index (κ1) is 18.8. The van der Waals surface area contributed by atoms with Crippen LogP contribution in [0.25, 0.3) is 11.1 Å². The average Bonchev–Trinajstić information content (AvgIpc) is 3.45. The first-order valence-electron chi connectivity index (χ1n) is 10.2. The number of carbonyl (C=O) groups is 1. The molecule has 1 aromatic heterocycles. The summed E-state index contributed by atoms with van der Waals surface area (Å²) in [6.07, 6.45) is 2.01. The number of ether oxygens (including phenoxy) is 2. The van der Waals surface area contributed by atoms with Gasteiger partial charge < -0.3 is 14.6 Å². The van der Waals surface area contributed by atoms with E-state index in [1.165, 1.54) is 0 Å². The van der Waals surface area contributed by atoms with Crippen molar-refractivity contribution >= 4 is 5.78 Å². The van der Waals surface area contributed by atoms with Gasteiger partial charge in [0.25, 0.3) is 0 Å². The lowest BCUT2D eigenvalue weighted by molar-refractivity contribution is -0.120. The molecule has 1 fully saturated rings. The summed E-state index contributed by atoms with van der Waals surface area (Å²) in [4.78, 5) is 17.9. The molecule has 3 aromatic rings. The van der Waals surface area contributed by atoms with Gasteiger partial charge in [-0.1, -0.05) is 36.4 Å². The number of carbonyl (C=O) groups excluding carboxylic acids is 1. The quantitative estimate of drug-likeness (QED) is 0.662. The first-order chi connectivity index (χ1) is 14.6. The Morgan fingerprint density at radius 3 is 2.63 bits per heavy atom. The van der Waals surface area contributed by atoms with Crippen LogP contribution in [0.15, 0.2) is 54.6 Å². The third kappa shape index (κ3) is 3.15. The van der Waals surface area contributed by atoms with Crippen molar-refractivity contribution in [1.82, 2.24) is 4.98 Å². The van der Waals surface area contributed by atoms with E-state index in [-0.39, 0.29) is 20.6 Å². The average molecular weight is 403 g/mol. The molecule has 5 heteroatoms. The van der Waals surface area contributed by atoms with Gasteiger partial charge in [0.05, 0.1) is 12.0 Å². The number of aliphatic hydroxyl groups excluding tert-OH is 1. The van der Waals surface area contributed by atoms with Crippen LogP contribution in [-0.4, -0.2) is 22.7 Å². The monoisotopic (exact) mass is 403 g/mol. The molecule has 2 heterocycles. The number of pyridine rings is 1. The Morgan fingerprint density at radius 1 is 1.07 bits per heavy atom. The third-order valence-corrected chi connectivity index (χ3v) is 6.17. The van der Waals surface area contributed by atoms with Gasteiger partial charge in [-0.2, -0.15) is 0 Å². The zero-order chi connectivity index (χ0) is 20.7. The molecule has 0 saturated heterocycles. The van der Waals surface area contributed by atoms with Gasteiger partial charge >= 0.3 is 0 Å². The zero-order valence-electron chi connectivity index (χ0n) is 16.9. The normalized spacial score (nSPS) is 15.8. The lowest BCUT2D eigenvalue weighted by Crippen LogP contribution is -2.23. The van der Waals surface area contributed by atoms with Gasteiger partial charge in [-0.25, -0.2) is 0 Å². The molecular weight excluding hydrogens is 378 g/mol. The number of hydrogen-bond donors (Lipinski definition) is 1. The smallest absolute Gasteiger partial charge is 0.231 e. The lowest BCUT2D eigenvalue weighted by Gasteiger charge is -2.16. The van der Waals surface area contributed by atoms with Crippen LogP contribution in [0, 0.1) is 6.92 Å². The molecular formula is C25H25NO4. The van der Waals surface area contributed by atoms with Gasteiger partial charge in [0, 0.05) is 24.8 Å². The van der Waals surface area contributed by atoms with Crippen LogP contribution in [0.5, 0.6) is 11.5 Å². The molecule has 2 aromatic carbocycles. The van der Waals surface area contributed by atoms with Crippen molar-refractivity contribution in [3.8, 4) is 22.6 Å². The summed E-state index contributed by atoms with van der Waals surface area (Å²) in [5.74, 6) is 1.64. The number of aliphatic hydroxyl groups is 1. The standard InChI is InChI=1S/C25H23NO4.H2/c1-16-20(21-5-3-2-4-17(21)14-27)8-7-19(26-16)13-24(28)25(10-11-25)18-6-9-22-23(12-18)30-15-29-22;/h2-9,12,27H,10-11,13-15H2,1H3;1H. The van der Waals surface area contributed by atoms with Gasteiger partial charge in [0.15, 0.2) is 11.5 Å². The third-order valence-electron chi connectivity index (χ3n) is 6.17. The van der Waals surface area contributed by atoms with Gasteiger partial charge in [0.2, 0.25) is 6.79 Å². The molecule has 0 bridgehead atoms. The molecule has 0 atom stereocenters. The van der Waals surface area contributed by atoms with E-state index in [2.05, 4.69) is 0 Å². The Morgan fingerprint density at radius 2 is 1.87 bits per heavy atom. The lowest BCUT2D eigenvalue weighted by atomic mass is 9.88. The van der Waals surface area contributed by atoms with Gasteiger partial charge in [-0.15, -0.1) is 0 Å². The summed E-state index contributed by atoms with van der Waals surface area (Å²) < 4.78 is 10.9. The Labute approximate surface area is 176 Å². The van der Waals surface area contributed by atoms with Crippen molar-refractivity contribution in [3.63, 3.8) is 0 Å². The number of aryl methyl sites for hydroxylation is 1. The highest BCUT2D eigenvalue weighted by molar-refractivity contribution is 5.94. The molecule has 1 aliphatic heterocycles. The minimum atomic E-state index is -0.432. The molecule has 1 saturated carbocycles. The van der Waals surface area contributed by atoms with Gasteiger partial charge in [-0.05, 0) is 54.7 Å². The summed E-state index contributed by atoms with van der Waals surface area (Å²) in [6, 6.07) is 17.5. The van der Waals surface area contributed by atoms with E-state index in [1.807, 2.05) is 61.5 Å². The Hall–Kier alpha value is -3.18. The second-order valence-electron chi connectivity index (χ2n) is 8.00. The summed E-state index contributed by atoms with van der Waals surface area (Å²) >= 11 is 0. The predicted molar refractivity (Wildman–Crippen MR) is 115 cm³/mol. The van der Waals surface area contributed by atoms with Gasteiger partial charge in [-0.3, -0.25) is 9.78 Å². The van der Waals surface area contributed by atoms with Crippen LogP contribution in [0.3, 0.4) is 0 Å². The van der Waals surface area contributed by atoms with E-state index < -0.39 is 5.41 Å². The van der Waals surface area contributed by atoms with Crippen molar-refractivity contribution in [2.24, 2.45) is 0 Å². The summed E-state index contributed by atoms with van der Waals surface area (Å²) in [5, 5.41) is 9.63. The first-order valence-corrected chi connectivity index (χ1v) is 10.2. The number of Topliss-reactive ketones (excluding diaryl/α,β-unsaturated/α-hetero) is 1. The van der Waals surface area contributed by atoms with Crippen LogP contribution in [0.1, 0.15) is 36.8 Å². The maximum atomic E-state index is 13.2. The Kier molecular flexibility index (Phi) is 4.55. The molecule has 154 valence electrons. The number of fused-ring (bicyclic) bond motifs is 1. The molecule has 0 radical (unpaired) electrons. The summed E-state index contributed by atoms with van der Waals surface area (Å²) in [5.41, 5.74) is 5.02. The summed E-state index contributed by atoms with van der Waals surface area (Å²) in [7, 11) is 0. The highest BCUT2D eigenvalue weighted by Gasteiger charge is 2.51. The van der Waals surface area contributed by atoms with E-state index >= 15 is 0 Å². The highest BCUT2D eigenvalue weighted by atomic mass is 16.7. The topological polar surface area (TPSA) is 68.7 Å². The molecule has 0 amide bonds. The number of hydrogen-bond acceptors (Lipinski definition) is 5. The van der Waals surface area contributed by atoms with E-state index in [9.17, 15) is 9.90 Å². The molecule has 5 nitrogen and oxygen atoms in total. The van der Waals surface area contributed by atoms with Crippen molar-refractivity contribution in [3.05, 3.63) is 77.1 Å². The van der Waals surface area contributed by atoms with Crippen molar-refractivity contribution in [2.45, 2.75) is 38.2 Å². The second kappa shape index (κ2) is 7.26. The van der Waals surface area contributed by atoms with Crippen LogP contribution >= 0.6 is 0 Å². The van der Waals surface area contributed by atoms with Crippen LogP contribution < -0.4 is 9.47 Å². The summed E-state index contributed by atoms with van der Waals surface area (Å²) in [6.45, 7) is 2.16. The number of ketones is 1. The fraction of sp³-hybridized carbons (Fsp3) is 0.280. The number of aromatic nitrogens is 1. The Bertz CT molecular complexity index is 1140. The maximum Gasteiger partial charge on any atom is 0.231 e. The fourth-order valence-corrected chi connectivity index (χ4v) is 4.30. The van der Waals surface area contributed by atoms with Crippen molar-refractivity contribution in [1.29, 1.82) is 0 Å². The zero-order valence-corrected chi connectivity index (χ0v) is 16.9. The minimum absolute atomic E-state index is 0. The maximum absolute atomic E-state index is 13.2. The fourth-order valence-electron chi connectivity index (χ4n) is 4.30. The molecule has 30 heavy (non-hydrogen) atoms. The van der Waals surface area contributed by atoms with E-state index in [0.717, 1.165) is 52.2 Å². The number of rotatable bonds is 6. The molecule has 0 spiro atoms. The molecule has 1 N–H and O–H groups in total. The van der Waals surface area contributed by atoms with E-state index in [0.29, 0.717) is 12.2 Å². The Balaban J connectivity index is 0.00000231. The van der Waals surface area contributed by atoms with E-state index in [4.69, 9.17) is 14.5 Å². The van der Waals surface area contributed by atoms with Crippen LogP contribution in [0.2, 0.25) is 0 Å². The highest BCUT2D eigenvalue weighted by Crippen LogP contribution is 2.51. The van der Waals surface area contributed by atoms with Crippen molar-refractivity contribution in [2.75, 3.05) is 6.79 Å². The van der Waals surface area contributed by atoms with Crippen LogP contribution in [0.4, 0.5) is 0 Å². The second-order valence-corrected chi connectivity index (χ2v) is 8.00. The molecule has 2 aliphatic rings. The predicted octanol–water partition coefficient (Wildman–Crippen LogP) is 4.37. The number of nitrogens with zero attached hydrogens (tertiary/aromatic N) is 1. The molecule has 1 aliphatic carbocycles.